The van der Waals surface area contributed by atoms with Crippen molar-refractivity contribution in [1.29, 1.82) is 0 Å². The van der Waals surface area contributed by atoms with E-state index in [1.807, 2.05) is 45.8 Å². The summed E-state index contributed by atoms with van der Waals surface area (Å²) < 4.78 is 4.14. The predicted octanol–water partition coefficient (Wildman–Crippen LogP) is 2.12. The van der Waals surface area contributed by atoms with Crippen molar-refractivity contribution in [3.8, 4) is 0 Å². The summed E-state index contributed by atoms with van der Waals surface area (Å²) in [5.74, 6) is 3.31. The number of carbonyl (C=O) groups excluding carboxylic acids is 1. The van der Waals surface area contributed by atoms with Gasteiger partial charge in [0.1, 0.15) is 11.6 Å². The van der Waals surface area contributed by atoms with Gasteiger partial charge in [0.25, 0.3) is 0 Å². The summed E-state index contributed by atoms with van der Waals surface area (Å²) in [7, 11) is 2.02. The van der Waals surface area contributed by atoms with Gasteiger partial charge in [-0.05, 0) is 19.8 Å². The third-order valence-corrected chi connectivity index (χ3v) is 4.95. The minimum atomic E-state index is -0.341. The number of rotatable bonds is 3. The smallest absolute Gasteiger partial charge is 0.227 e. The maximum absolute atomic E-state index is 12.6. The number of aryl methyl sites for hydroxylation is 1. The quantitative estimate of drug-likeness (QED) is 0.855. The molecule has 0 unspecified atom stereocenters. The number of amides is 1. The number of aromatic nitrogens is 5. The van der Waals surface area contributed by atoms with E-state index < -0.39 is 0 Å². The molecule has 1 atom stereocenters. The van der Waals surface area contributed by atoms with Gasteiger partial charge >= 0.3 is 0 Å². The van der Waals surface area contributed by atoms with E-state index in [2.05, 4.69) is 24.3 Å². The van der Waals surface area contributed by atoms with Gasteiger partial charge in [-0.2, -0.15) is 0 Å². The first-order valence-electron chi connectivity index (χ1n) is 8.92. The Labute approximate surface area is 149 Å². The molecule has 0 aliphatic carbocycles. The number of likely N-dealkylation sites (tertiary alicyclic amines) is 1. The zero-order chi connectivity index (χ0) is 18.2. The van der Waals surface area contributed by atoms with E-state index in [4.69, 9.17) is 0 Å². The number of imidazole rings is 1. The van der Waals surface area contributed by atoms with Crippen LogP contribution in [-0.4, -0.2) is 48.2 Å². The highest BCUT2D eigenvalue weighted by Gasteiger charge is 2.33. The van der Waals surface area contributed by atoms with Gasteiger partial charge in [0.15, 0.2) is 5.82 Å². The molecule has 0 aromatic carbocycles. The Hall–Kier alpha value is -2.18. The van der Waals surface area contributed by atoms with E-state index in [0.717, 1.165) is 43.4 Å². The summed E-state index contributed by atoms with van der Waals surface area (Å²) in [6.07, 6.45) is 5.80. The van der Waals surface area contributed by atoms with Crippen molar-refractivity contribution in [1.82, 2.24) is 29.2 Å². The van der Waals surface area contributed by atoms with Crippen LogP contribution < -0.4 is 0 Å². The molecule has 25 heavy (non-hydrogen) atoms. The molecule has 1 aliphatic heterocycles. The maximum Gasteiger partial charge on any atom is 0.227 e. The van der Waals surface area contributed by atoms with Crippen molar-refractivity contribution in [3.05, 3.63) is 29.9 Å². The summed E-state index contributed by atoms with van der Waals surface area (Å²) in [5.41, 5.74) is -0.341. The third kappa shape index (κ3) is 3.60. The van der Waals surface area contributed by atoms with Crippen molar-refractivity contribution < 1.29 is 4.79 Å². The number of nitrogens with zero attached hydrogens (tertiary/aromatic N) is 6. The molecule has 0 radical (unpaired) electrons. The molecule has 2 aromatic rings. The fourth-order valence-electron chi connectivity index (χ4n) is 3.44. The first-order valence-corrected chi connectivity index (χ1v) is 8.92. The van der Waals surface area contributed by atoms with Crippen LogP contribution in [0.25, 0.3) is 0 Å². The number of hydrogen-bond donors (Lipinski definition) is 0. The first-order chi connectivity index (χ1) is 11.8. The lowest BCUT2D eigenvalue weighted by molar-refractivity contribution is -0.140. The minimum absolute atomic E-state index is 0.216. The van der Waals surface area contributed by atoms with Crippen LogP contribution in [0, 0.1) is 12.3 Å². The van der Waals surface area contributed by atoms with Crippen molar-refractivity contribution in [3.63, 3.8) is 0 Å². The van der Waals surface area contributed by atoms with Gasteiger partial charge in [0.2, 0.25) is 5.91 Å². The highest BCUT2D eigenvalue weighted by molar-refractivity contribution is 5.81. The van der Waals surface area contributed by atoms with Gasteiger partial charge in [-0.15, -0.1) is 10.2 Å². The molecule has 136 valence electrons. The van der Waals surface area contributed by atoms with E-state index in [-0.39, 0.29) is 17.2 Å². The highest BCUT2D eigenvalue weighted by atomic mass is 16.2. The highest BCUT2D eigenvalue weighted by Crippen LogP contribution is 2.29. The van der Waals surface area contributed by atoms with Gasteiger partial charge in [-0.3, -0.25) is 4.79 Å². The maximum atomic E-state index is 12.6. The molecule has 1 saturated heterocycles. The molecule has 0 spiro atoms. The van der Waals surface area contributed by atoms with E-state index in [0.29, 0.717) is 6.54 Å². The predicted molar refractivity (Wildman–Crippen MR) is 95.1 cm³/mol. The third-order valence-electron chi connectivity index (χ3n) is 4.95. The van der Waals surface area contributed by atoms with Crippen LogP contribution >= 0.6 is 0 Å². The van der Waals surface area contributed by atoms with Gasteiger partial charge < -0.3 is 14.0 Å². The molecular formula is C18H28N6O. The van der Waals surface area contributed by atoms with E-state index in [1.54, 1.807) is 6.20 Å². The van der Waals surface area contributed by atoms with Crippen molar-refractivity contribution in [2.75, 3.05) is 13.1 Å². The molecule has 0 N–H and O–H groups in total. The molecule has 0 bridgehead atoms. The Morgan fingerprint density at radius 1 is 1.32 bits per heavy atom. The molecule has 3 heterocycles. The summed E-state index contributed by atoms with van der Waals surface area (Å²) in [6.45, 7) is 10.1. The Balaban J connectivity index is 1.76. The lowest BCUT2D eigenvalue weighted by Crippen LogP contribution is -2.45. The van der Waals surface area contributed by atoms with Gasteiger partial charge in [0.05, 0.1) is 6.54 Å². The minimum Gasteiger partial charge on any atom is -0.342 e. The standard InChI is InChI=1S/C18H28N6O/c1-13-19-8-10-23(13)12-15-20-21-16(22(15)5)14-7-6-9-24(11-14)17(25)18(2,3)4/h8,10,14H,6-7,9,11-12H2,1-5H3/t14-/m0/s1. The summed E-state index contributed by atoms with van der Waals surface area (Å²) in [5, 5.41) is 8.83. The number of carbonyl (C=O) groups is 1. The largest absolute Gasteiger partial charge is 0.342 e. The summed E-state index contributed by atoms with van der Waals surface area (Å²) >= 11 is 0. The zero-order valence-electron chi connectivity index (χ0n) is 15.9. The fourth-order valence-corrected chi connectivity index (χ4v) is 3.44. The Kier molecular flexibility index (Phi) is 4.67. The topological polar surface area (TPSA) is 68.8 Å². The molecule has 7 heteroatoms. The van der Waals surface area contributed by atoms with Crippen molar-refractivity contribution in [2.24, 2.45) is 12.5 Å². The summed E-state index contributed by atoms with van der Waals surface area (Å²) in [4.78, 5) is 18.8. The molecule has 1 aliphatic rings. The Bertz CT molecular complexity index is 754. The molecule has 3 rings (SSSR count). The van der Waals surface area contributed by atoms with E-state index >= 15 is 0 Å². The fraction of sp³-hybridized carbons (Fsp3) is 0.667. The van der Waals surface area contributed by atoms with Crippen LogP contribution in [0.5, 0.6) is 0 Å². The van der Waals surface area contributed by atoms with Crippen molar-refractivity contribution in [2.45, 2.75) is 53.0 Å². The van der Waals surface area contributed by atoms with Gasteiger partial charge in [0, 0.05) is 43.9 Å². The average molecular weight is 344 g/mol. The van der Waals surface area contributed by atoms with Crippen LogP contribution in [0.3, 0.4) is 0 Å². The van der Waals surface area contributed by atoms with Crippen molar-refractivity contribution >= 4 is 5.91 Å². The number of hydrogen-bond acceptors (Lipinski definition) is 4. The van der Waals surface area contributed by atoms with E-state index in [9.17, 15) is 4.79 Å². The first kappa shape index (κ1) is 17.6. The SMILES string of the molecule is Cc1nccn1Cc1nnc([C@H]2CCCN(C(=O)C(C)(C)C)C2)n1C. The Morgan fingerprint density at radius 3 is 2.72 bits per heavy atom. The average Bonchev–Trinajstić information content (AvgIpc) is 3.13. The second-order valence-electron chi connectivity index (χ2n) is 7.98. The molecule has 2 aromatic heterocycles. The summed E-state index contributed by atoms with van der Waals surface area (Å²) in [6, 6.07) is 0. The lowest BCUT2D eigenvalue weighted by Gasteiger charge is -2.36. The van der Waals surface area contributed by atoms with Gasteiger partial charge in [-0.25, -0.2) is 4.98 Å². The van der Waals surface area contributed by atoms with Crippen LogP contribution in [-0.2, 0) is 18.4 Å². The van der Waals surface area contributed by atoms with Crippen LogP contribution in [0.15, 0.2) is 12.4 Å². The van der Waals surface area contributed by atoms with Crippen LogP contribution in [0.1, 0.15) is 57.0 Å². The van der Waals surface area contributed by atoms with Crippen LogP contribution in [0.2, 0.25) is 0 Å². The molecule has 0 saturated carbocycles. The molecule has 7 nitrogen and oxygen atoms in total. The monoisotopic (exact) mass is 344 g/mol. The van der Waals surface area contributed by atoms with Gasteiger partial charge in [-0.1, -0.05) is 20.8 Å². The van der Waals surface area contributed by atoms with E-state index in [1.165, 1.54) is 0 Å². The molecule has 1 fully saturated rings. The normalized spacial score (nSPS) is 18.6. The number of piperidine rings is 1. The van der Waals surface area contributed by atoms with Crippen LogP contribution in [0.4, 0.5) is 0 Å². The Morgan fingerprint density at radius 2 is 2.08 bits per heavy atom. The second-order valence-corrected chi connectivity index (χ2v) is 7.98. The zero-order valence-corrected chi connectivity index (χ0v) is 15.9. The second kappa shape index (κ2) is 6.61. The molecule has 1 amide bonds. The molecular weight excluding hydrogens is 316 g/mol. The lowest BCUT2D eigenvalue weighted by atomic mass is 9.91.